The van der Waals surface area contributed by atoms with Gasteiger partial charge in [-0.3, -0.25) is 0 Å². The number of rotatable bonds is 0. The van der Waals surface area contributed by atoms with Crippen LogP contribution in [0.25, 0.3) is 0 Å². The zero-order valence-corrected chi connectivity index (χ0v) is 13.6. The first-order valence-corrected chi connectivity index (χ1v) is 9.92. The highest BCUT2D eigenvalue weighted by molar-refractivity contribution is 5.04. The highest BCUT2D eigenvalue weighted by Gasteiger charge is 2.48. The Morgan fingerprint density at radius 1 is 0.429 bits per heavy atom. The molecule has 21 heavy (non-hydrogen) atoms. The zero-order valence-electron chi connectivity index (χ0n) is 13.6. The third-order valence-corrected chi connectivity index (χ3v) is 8.09. The average molecular weight is 287 g/mol. The van der Waals surface area contributed by atoms with Crippen LogP contribution < -0.4 is 5.73 Å². The molecule has 0 aliphatic heterocycles. The van der Waals surface area contributed by atoms with Crippen molar-refractivity contribution in [3.8, 4) is 0 Å². The molecule has 8 aliphatic rings. The molecule has 0 spiro atoms. The fourth-order valence-corrected chi connectivity index (χ4v) is 8.16. The van der Waals surface area contributed by atoms with Crippen molar-refractivity contribution in [3.63, 3.8) is 0 Å². The Bertz CT molecular complexity index is 320. The van der Waals surface area contributed by atoms with E-state index in [4.69, 9.17) is 5.73 Å². The summed E-state index contributed by atoms with van der Waals surface area (Å²) in [6.45, 7) is 0. The molecule has 0 unspecified atom stereocenters. The van der Waals surface area contributed by atoms with Crippen LogP contribution in [0.4, 0.5) is 0 Å². The van der Waals surface area contributed by atoms with Crippen LogP contribution in [0.15, 0.2) is 0 Å². The van der Waals surface area contributed by atoms with Gasteiger partial charge in [-0.1, -0.05) is 0 Å². The van der Waals surface area contributed by atoms with Gasteiger partial charge in [-0.05, 0) is 118 Å². The third kappa shape index (κ3) is 2.48. The van der Waals surface area contributed by atoms with Gasteiger partial charge >= 0.3 is 0 Å². The highest BCUT2D eigenvalue weighted by atomic mass is 14.8. The van der Waals surface area contributed by atoms with Gasteiger partial charge in [0, 0.05) is 5.54 Å². The summed E-state index contributed by atoms with van der Waals surface area (Å²) < 4.78 is 0. The molecule has 0 aromatic heterocycles. The van der Waals surface area contributed by atoms with Crippen molar-refractivity contribution in [2.45, 2.75) is 82.6 Å². The average Bonchev–Trinajstić information content (AvgIpc) is 2.34. The van der Waals surface area contributed by atoms with E-state index in [0.717, 1.165) is 17.8 Å². The summed E-state index contributed by atoms with van der Waals surface area (Å²) in [5, 5.41) is 0. The van der Waals surface area contributed by atoms with E-state index in [9.17, 15) is 0 Å². The first-order chi connectivity index (χ1) is 10.1. The maximum absolute atomic E-state index is 6.32. The van der Waals surface area contributed by atoms with Crippen LogP contribution in [0.3, 0.4) is 0 Å². The van der Waals surface area contributed by atoms with Crippen molar-refractivity contribution in [2.75, 3.05) is 0 Å². The van der Waals surface area contributed by atoms with Gasteiger partial charge in [-0.25, -0.2) is 0 Å². The largest absolute Gasteiger partial charge is 0.325 e. The molecule has 118 valence electrons. The Morgan fingerprint density at radius 2 is 0.667 bits per heavy atom. The lowest BCUT2D eigenvalue weighted by atomic mass is 9.53. The van der Waals surface area contributed by atoms with Gasteiger partial charge in [0.1, 0.15) is 0 Å². The van der Waals surface area contributed by atoms with E-state index in [-0.39, 0.29) is 0 Å². The van der Waals surface area contributed by atoms with Gasteiger partial charge in [-0.2, -0.15) is 0 Å². The molecule has 8 bridgehead atoms. The summed E-state index contributed by atoms with van der Waals surface area (Å²) in [6, 6.07) is 0. The van der Waals surface area contributed by atoms with Crippen molar-refractivity contribution in [1.82, 2.24) is 0 Å². The quantitative estimate of drug-likeness (QED) is 0.684. The van der Waals surface area contributed by atoms with E-state index in [1.807, 2.05) is 0 Å². The minimum Gasteiger partial charge on any atom is -0.325 e. The molecule has 8 aliphatic carbocycles. The van der Waals surface area contributed by atoms with E-state index in [1.54, 1.807) is 38.5 Å². The van der Waals surface area contributed by atoms with Crippen LogP contribution in [-0.4, -0.2) is 5.54 Å². The normalized spacial score (nSPS) is 59.0. The van der Waals surface area contributed by atoms with Crippen molar-refractivity contribution in [2.24, 2.45) is 47.2 Å². The molecule has 0 radical (unpaired) electrons. The van der Waals surface area contributed by atoms with Crippen molar-refractivity contribution in [1.29, 1.82) is 0 Å². The predicted molar refractivity (Wildman–Crippen MR) is 86.8 cm³/mol. The van der Waals surface area contributed by atoms with Crippen molar-refractivity contribution in [3.05, 3.63) is 0 Å². The molecular formula is C20H33N. The highest BCUT2D eigenvalue weighted by Crippen LogP contribution is 2.55. The van der Waals surface area contributed by atoms with Gasteiger partial charge in [-0.15, -0.1) is 0 Å². The number of hydrogen-bond acceptors (Lipinski definition) is 1. The second kappa shape index (κ2) is 4.73. The fourth-order valence-electron chi connectivity index (χ4n) is 8.16. The molecule has 2 N–H and O–H groups in total. The molecule has 1 nitrogen and oxygen atoms in total. The lowest BCUT2D eigenvalue weighted by Crippen LogP contribution is -2.55. The molecule has 1 heteroatoms. The molecule has 8 saturated carbocycles. The Morgan fingerprint density at radius 3 is 0.905 bits per heavy atom. The zero-order chi connectivity index (χ0) is 14.0. The van der Waals surface area contributed by atoms with Gasteiger partial charge in [0.25, 0.3) is 0 Å². The number of nitrogens with two attached hydrogens (primary N) is 1. The minimum atomic E-state index is 0.300. The molecule has 0 aromatic rings. The summed E-state index contributed by atoms with van der Waals surface area (Å²) in [7, 11) is 0. The van der Waals surface area contributed by atoms with Crippen molar-refractivity contribution >= 4 is 0 Å². The molecular weight excluding hydrogens is 254 g/mol. The summed E-state index contributed by atoms with van der Waals surface area (Å²) in [4.78, 5) is 0. The lowest BCUT2D eigenvalue weighted by Gasteiger charge is -2.55. The molecule has 8 fully saturated rings. The Kier molecular flexibility index (Phi) is 3.02. The topological polar surface area (TPSA) is 26.0 Å². The van der Waals surface area contributed by atoms with Crippen LogP contribution in [-0.2, 0) is 0 Å². The van der Waals surface area contributed by atoms with E-state index in [2.05, 4.69) is 0 Å². The van der Waals surface area contributed by atoms with Gasteiger partial charge in [0.05, 0.1) is 0 Å². The summed E-state index contributed by atoms with van der Waals surface area (Å²) in [5.74, 6) is 7.77. The van der Waals surface area contributed by atoms with Gasteiger partial charge in [0.2, 0.25) is 0 Å². The molecule has 0 heterocycles. The number of hydrogen-bond donors (Lipinski definition) is 1. The monoisotopic (exact) mass is 287 g/mol. The molecule has 0 atom stereocenters. The van der Waals surface area contributed by atoms with E-state index >= 15 is 0 Å². The van der Waals surface area contributed by atoms with E-state index in [1.165, 1.54) is 62.2 Å². The van der Waals surface area contributed by atoms with Crippen LogP contribution >= 0.6 is 0 Å². The lowest BCUT2D eigenvalue weighted by molar-refractivity contribution is 0.000364. The van der Waals surface area contributed by atoms with E-state index < -0.39 is 0 Å². The predicted octanol–water partition coefficient (Wildman–Crippen LogP) is 4.75. The summed E-state index contributed by atoms with van der Waals surface area (Å²) >= 11 is 0. The third-order valence-electron chi connectivity index (χ3n) is 8.09. The Balaban J connectivity index is 0.0000000996. The van der Waals surface area contributed by atoms with Crippen LogP contribution in [0.2, 0.25) is 0 Å². The van der Waals surface area contributed by atoms with Gasteiger partial charge < -0.3 is 5.73 Å². The maximum atomic E-state index is 6.32. The minimum absolute atomic E-state index is 0.300. The standard InChI is InChI=1S/C10H17N.C10H16/c11-10-4-7-1-8(5-10)3-9(2-7)6-10;1-7-2-9-4-8(1)5-10(3-7)6-9/h7-9H,1-6,11H2;7-10H,1-6H2. The van der Waals surface area contributed by atoms with Crippen LogP contribution in [0.5, 0.6) is 0 Å². The summed E-state index contributed by atoms with van der Waals surface area (Å²) in [5.41, 5.74) is 6.62. The van der Waals surface area contributed by atoms with Crippen LogP contribution in [0.1, 0.15) is 77.0 Å². The second-order valence-electron chi connectivity index (χ2n) is 10.2. The van der Waals surface area contributed by atoms with Crippen molar-refractivity contribution < 1.29 is 0 Å². The first kappa shape index (κ1) is 13.4. The van der Waals surface area contributed by atoms with Crippen LogP contribution in [0, 0.1) is 41.4 Å². The molecule has 8 rings (SSSR count). The first-order valence-electron chi connectivity index (χ1n) is 9.92. The second-order valence-corrected chi connectivity index (χ2v) is 10.2. The van der Waals surface area contributed by atoms with Gasteiger partial charge in [0.15, 0.2) is 0 Å². The molecule has 0 saturated heterocycles. The fraction of sp³-hybridized carbons (Fsp3) is 1.00. The molecule has 0 amide bonds. The Hall–Kier alpha value is -0.0400. The maximum Gasteiger partial charge on any atom is 0.0162 e. The summed E-state index contributed by atoms with van der Waals surface area (Å²) in [6.07, 6.45) is 18.2. The SMILES string of the molecule is C1C2CC3CC1CC(C2)C3.NC12CC3CC(CC(C3)C1)C2. The smallest absolute Gasteiger partial charge is 0.0162 e. The van der Waals surface area contributed by atoms with E-state index in [0.29, 0.717) is 5.54 Å². The molecule has 0 aromatic carbocycles. The Labute approximate surface area is 130 Å².